The van der Waals surface area contributed by atoms with Crippen molar-refractivity contribution in [3.05, 3.63) is 102 Å². The molecule has 0 fully saturated rings. The summed E-state index contributed by atoms with van der Waals surface area (Å²) in [5.74, 6) is 6.54. The van der Waals surface area contributed by atoms with E-state index in [0.29, 0.717) is 0 Å². The summed E-state index contributed by atoms with van der Waals surface area (Å²) in [7, 11) is -1.24. The number of hydrogen-bond donors (Lipinski definition) is 0. The van der Waals surface area contributed by atoms with Crippen LogP contribution in [0.25, 0.3) is 0 Å². The van der Waals surface area contributed by atoms with E-state index in [1.807, 2.05) is 78.9 Å². The fourth-order valence-corrected chi connectivity index (χ4v) is 3.51. The monoisotopic (exact) mass is 307 g/mol. The van der Waals surface area contributed by atoms with Gasteiger partial charge in [0.1, 0.15) is 0 Å². The molecule has 23 heavy (non-hydrogen) atoms. The Labute approximate surface area is 139 Å². The minimum Gasteiger partial charge on any atom is -0.105 e. The van der Waals surface area contributed by atoms with Crippen LogP contribution in [0.1, 0.15) is 11.1 Å². The van der Waals surface area contributed by atoms with Gasteiger partial charge in [-0.15, -0.1) is 11.1 Å². The molecule has 0 aromatic heterocycles. The van der Waals surface area contributed by atoms with Gasteiger partial charge in [-0.1, -0.05) is 78.6 Å². The lowest BCUT2D eigenvalue weighted by Gasteiger charge is -2.00. The summed E-state index contributed by atoms with van der Waals surface area (Å²) < 4.78 is 0. The maximum Gasteiger partial charge on any atom is 0.268 e. The minimum absolute atomic E-state index is 1.03. The number of rotatable bonds is 1. The van der Waals surface area contributed by atoms with Crippen molar-refractivity contribution in [2.75, 3.05) is 0 Å². The summed E-state index contributed by atoms with van der Waals surface area (Å²) in [4.78, 5) is 0. The zero-order valence-corrected chi connectivity index (χ0v) is 13.7. The standard InChI is InChI=1S/C22H15Si/c1-4-10-20(11-5-1)16-18-23(22-14-8-3-9-15-22)19-17-21-12-6-2-7-13-21/h1-15H. The smallest absolute Gasteiger partial charge is 0.105 e. The summed E-state index contributed by atoms with van der Waals surface area (Å²) in [5.41, 5.74) is 8.87. The van der Waals surface area contributed by atoms with Crippen LogP contribution in [0.15, 0.2) is 91.0 Å². The maximum atomic E-state index is 3.40. The molecule has 0 aliphatic rings. The molecule has 3 rings (SSSR count). The summed E-state index contributed by atoms with van der Waals surface area (Å²) in [6.45, 7) is 0. The van der Waals surface area contributed by atoms with Crippen molar-refractivity contribution >= 4 is 14.0 Å². The van der Waals surface area contributed by atoms with E-state index in [0.717, 1.165) is 11.1 Å². The molecule has 0 N–H and O–H groups in total. The molecule has 0 saturated carbocycles. The molecule has 0 amide bonds. The lowest BCUT2D eigenvalue weighted by atomic mass is 10.2. The van der Waals surface area contributed by atoms with E-state index in [2.05, 4.69) is 35.1 Å². The van der Waals surface area contributed by atoms with Gasteiger partial charge in [0.25, 0.3) is 8.80 Å². The third-order valence-electron chi connectivity index (χ3n) is 3.27. The molecule has 0 heterocycles. The number of benzene rings is 3. The molecule has 0 spiro atoms. The van der Waals surface area contributed by atoms with Gasteiger partial charge in [0.2, 0.25) is 0 Å². The Morgan fingerprint density at radius 2 is 0.870 bits per heavy atom. The van der Waals surface area contributed by atoms with Crippen LogP contribution in [0.5, 0.6) is 0 Å². The summed E-state index contributed by atoms with van der Waals surface area (Å²) in [6, 6.07) is 30.5. The van der Waals surface area contributed by atoms with E-state index in [-0.39, 0.29) is 0 Å². The quantitative estimate of drug-likeness (QED) is 0.476. The van der Waals surface area contributed by atoms with Gasteiger partial charge in [0, 0.05) is 11.1 Å². The van der Waals surface area contributed by atoms with Crippen molar-refractivity contribution in [2.24, 2.45) is 0 Å². The Bertz CT molecular complexity index is 803. The summed E-state index contributed by atoms with van der Waals surface area (Å²) in [5, 5.41) is 1.23. The first kappa shape index (κ1) is 14.9. The van der Waals surface area contributed by atoms with Crippen molar-refractivity contribution in [3.63, 3.8) is 0 Å². The molecule has 0 nitrogen and oxygen atoms in total. The highest BCUT2D eigenvalue weighted by Crippen LogP contribution is 1.97. The normalized spacial score (nSPS) is 9.43. The van der Waals surface area contributed by atoms with Gasteiger partial charge in [0.15, 0.2) is 0 Å². The molecule has 0 atom stereocenters. The highest BCUT2D eigenvalue weighted by molar-refractivity contribution is 6.87. The van der Waals surface area contributed by atoms with Gasteiger partial charge in [-0.2, -0.15) is 0 Å². The average Bonchev–Trinajstić information content (AvgIpc) is 2.64. The molecule has 1 heteroatoms. The predicted molar refractivity (Wildman–Crippen MR) is 98.5 cm³/mol. The van der Waals surface area contributed by atoms with Crippen LogP contribution in [-0.2, 0) is 0 Å². The average molecular weight is 307 g/mol. The Balaban J connectivity index is 1.93. The molecular weight excluding hydrogens is 292 g/mol. The van der Waals surface area contributed by atoms with E-state index in [1.165, 1.54) is 5.19 Å². The largest absolute Gasteiger partial charge is 0.268 e. The highest BCUT2D eigenvalue weighted by atomic mass is 28.3. The van der Waals surface area contributed by atoms with Crippen molar-refractivity contribution in [2.45, 2.75) is 0 Å². The van der Waals surface area contributed by atoms with Crippen molar-refractivity contribution in [1.82, 2.24) is 0 Å². The van der Waals surface area contributed by atoms with Crippen molar-refractivity contribution in [1.29, 1.82) is 0 Å². The second-order valence-electron chi connectivity index (χ2n) is 4.97. The summed E-state index contributed by atoms with van der Waals surface area (Å²) >= 11 is 0. The fraction of sp³-hybridized carbons (Fsp3) is 0. The molecule has 3 aromatic rings. The second-order valence-corrected chi connectivity index (χ2v) is 6.80. The molecular formula is C22H15Si. The maximum absolute atomic E-state index is 3.40. The molecule has 0 unspecified atom stereocenters. The van der Waals surface area contributed by atoms with Crippen LogP contribution < -0.4 is 5.19 Å². The van der Waals surface area contributed by atoms with Gasteiger partial charge in [-0.25, -0.2) is 0 Å². The van der Waals surface area contributed by atoms with E-state index < -0.39 is 8.80 Å². The van der Waals surface area contributed by atoms with E-state index in [4.69, 9.17) is 0 Å². The van der Waals surface area contributed by atoms with Gasteiger partial charge in [-0.05, 0) is 29.5 Å². The van der Waals surface area contributed by atoms with E-state index >= 15 is 0 Å². The summed E-state index contributed by atoms with van der Waals surface area (Å²) in [6.07, 6.45) is 0. The molecule has 1 radical (unpaired) electrons. The van der Waals surface area contributed by atoms with Crippen LogP contribution in [0.4, 0.5) is 0 Å². The molecule has 107 valence electrons. The Hall–Kier alpha value is -3.00. The molecule has 3 aromatic carbocycles. The van der Waals surface area contributed by atoms with Crippen LogP contribution in [-0.4, -0.2) is 8.80 Å². The zero-order chi connectivity index (χ0) is 15.7. The van der Waals surface area contributed by atoms with Gasteiger partial charge >= 0.3 is 0 Å². The second kappa shape index (κ2) is 7.85. The zero-order valence-electron chi connectivity index (χ0n) is 12.7. The topological polar surface area (TPSA) is 0 Å². The minimum atomic E-state index is -1.24. The SMILES string of the molecule is C(#C[Si](C#Cc1ccccc1)c1ccccc1)c1ccccc1. The van der Waals surface area contributed by atoms with Crippen molar-refractivity contribution in [3.8, 4) is 22.9 Å². The fourth-order valence-electron chi connectivity index (χ4n) is 2.09. The van der Waals surface area contributed by atoms with Crippen LogP contribution >= 0.6 is 0 Å². The molecule has 0 aliphatic heterocycles. The molecule has 0 saturated heterocycles. The van der Waals surface area contributed by atoms with Crippen LogP contribution in [0.3, 0.4) is 0 Å². The lowest BCUT2D eigenvalue weighted by molar-refractivity contribution is 1.65. The Kier molecular flexibility index (Phi) is 5.09. The molecule has 0 aliphatic carbocycles. The first-order valence-corrected chi connectivity index (χ1v) is 8.98. The highest BCUT2D eigenvalue weighted by Gasteiger charge is 2.08. The predicted octanol–water partition coefficient (Wildman–Crippen LogP) is 3.57. The molecule has 0 bridgehead atoms. The third-order valence-corrected chi connectivity index (χ3v) is 4.93. The Morgan fingerprint density at radius 1 is 0.478 bits per heavy atom. The Morgan fingerprint density at radius 3 is 1.30 bits per heavy atom. The third kappa shape index (κ3) is 4.48. The first-order chi connectivity index (χ1) is 11.4. The van der Waals surface area contributed by atoms with Gasteiger partial charge in [-0.3, -0.25) is 0 Å². The van der Waals surface area contributed by atoms with E-state index in [1.54, 1.807) is 0 Å². The van der Waals surface area contributed by atoms with Gasteiger partial charge < -0.3 is 0 Å². The van der Waals surface area contributed by atoms with Crippen molar-refractivity contribution < 1.29 is 0 Å². The first-order valence-electron chi connectivity index (χ1n) is 7.48. The van der Waals surface area contributed by atoms with Gasteiger partial charge in [0.05, 0.1) is 0 Å². The van der Waals surface area contributed by atoms with Crippen LogP contribution in [0, 0.1) is 22.9 Å². The number of hydrogen-bond acceptors (Lipinski definition) is 0. The lowest BCUT2D eigenvalue weighted by Crippen LogP contribution is -2.27. The van der Waals surface area contributed by atoms with E-state index in [9.17, 15) is 0 Å². The van der Waals surface area contributed by atoms with Crippen LogP contribution in [0.2, 0.25) is 0 Å².